The maximum Gasteiger partial charge on any atom is 0.261 e. The second-order valence-electron chi connectivity index (χ2n) is 15.5. The van der Waals surface area contributed by atoms with E-state index in [0.29, 0.717) is 38.9 Å². The van der Waals surface area contributed by atoms with E-state index in [1.54, 1.807) is 11.8 Å². The molecule has 53 heavy (non-hydrogen) atoms. The summed E-state index contributed by atoms with van der Waals surface area (Å²) in [4.78, 5) is 33.2. The topological polar surface area (TPSA) is 134 Å². The zero-order chi connectivity index (χ0) is 37.0. The minimum Gasteiger partial charge on any atom is -0.497 e. The number of carbonyl (C=O) groups excluding carboxylic acids is 2. The fraction of sp³-hybridized carbons (Fsp3) is 0.450. The Bertz CT molecular complexity index is 1980. The first-order valence-corrected chi connectivity index (χ1v) is 21.8. The number of aliphatic hydroxyl groups excluding tert-OH is 1. The molecule has 8 rings (SSSR count). The van der Waals surface area contributed by atoms with Crippen LogP contribution in [0.25, 0.3) is 0 Å². The molecule has 2 amide bonds. The first-order chi connectivity index (χ1) is 25.6. The van der Waals surface area contributed by atoms with Crippen molar-refractivity contribution in [3.8, 4) is 5.75 Å². The highest BCUT2D eigenvalue weighted by atomic mass is 28.3. The number of benzene rings is 3. The summed E-state index contributed by atoms with van der Waals surface area (Å²) in [7, 11) is -0.665. The summed E-state index contributed by atoms with van der Waals surface area (Å²) < 4.78 is 14.5. The summed E-state index contributed by atoms with van der Waals surface area (Å²) in [6.07, 6.45) is 4.11. The Kier molecular flexibility index (Phi) is 9.16. The molecular formula is C40H49N7O5Si. The van der Waals surface area contributed by atoms with Crippen LogP contribution in [-0.2, 0) is 32.9 Å². The van der Waals surface area contributed by atoms with E-state index in [9.17, 15) is 14.7 Å². The van der Waals surface area contributed by atoms with Gasteiger partial charge in [0.15, 0.2) is 5.60 Å². The number of ether oxygens (including phenoxy) is 2. The Balaban J connectivity index is 1.17. The lowest BCUT2D eigenvalue weighted by molar-refractivity contribution is -0.143. The lowest BCUT2D eigenvalue weighted by Gasteiger charge is -2.39. The van der Waals surface area contributed by atoms with E-state index in [0.717, 1.165) is 47.2 Å². The van der Waals surface area contributed by atoms with E-state index in [-0.39, 0.29) is 36.0 Å². The lowest BCUT2D eigenvalue weighted by Crippen LogP contribution is -2.55. The number of hydrogen-bond acceptors (Lipinski definition) is 9. The first kappa shape index (κ1) is 35.5. The molecular weight excluding hydrogens is 687 g/mol. The van der Waals surface area contributed by atoms with Crippen LogP contribution in [0.2, 0.25) is 18.6 Å². The molecule has 4 aliphatic rings. The van der Waals surface area contributed by atoms with Crippen LogP contribution in [0.3, 0.4) is 0 Å². The molecule has 3 N–H and O–H groups in total. The standard InChI is InChI=1S/C40H49N7O5Si/c1-27-36(53(3,4)32-13-11-31(51-2)12-14-32)35(16-22-45-25-28(17-23-48)43-44-45)52-40(27)33-24-30(10-15-34(33)42-37(40)49)46-26-47(29-8-6-5-7-9-29)39(38(46)50)18-20-41-21-19-39/h5-15,24-25,27,35-36,41,48H,16-23,26H2,1-4H3,(H,42,49)/t27-,35+,36-,40+/m0/s1. The predicted molar refractivity (Wildman–Crippen MR) is 206 cm³/mol. The normalized spacial score (nSPS) is 25.0. The molecule has 278 valence electrons. The van der Waals surface area contributed by atoms with Crippen LogP contribution in [0.15, 0.2) is 79.0 Å². The summed E-state index contributed by atoms with van der Waals surface area (Å²) in [5, 5.41) is 25.8. The fourth-order valence-corrected chi connectivity index (χ4v) is 13.7. The number of nitrogens with zero attached hydrogens (tertiary/aromatic N) is 5. The van der Waals surface area contributed by atoms with Crippen molar-refractivity contribution in [2.24, 2.45) is 5.92 Å². The van der Waals surface area contributed by atoms with Crippen molar-refractivity contribution < 1.29 is 24.2 Å². The van der Waals surface area contributed by atoms with Gasteiger partial charge in [0.1, 0.15) is 11.3 Å². The van der Waals surface area contributed by atoms with Gasteiger partial charge in [0.25, 0.3) is 11.8 Å². The summed E-state index contributed by atoms with van der Waals surface area (Å²) >= 11 is 0. The third kappa shape index (κ3) is 5.76. The number of amides is 2. The molecule has 0 saturated carbocycles. The zero-order valence-electron chi connectivity index (χ0n) is 30.9. The van der Waals surface area contributed by atoms with Gasteiger partial charge in [-0.05, 0) is 80.4 Å². The van der Waals surface area contributed by atoms with Crippen molar-refractivity contribution in [1.82, 2.24) is 20.3 Å². The Labute approximate surface area is 311 Å². The van der Waals surface area contributed by atoms with E-state index in [1.165, 1.54) is 5.19 Å². The molecule has 0 radical (unpaired) electrons. The van der Waals surface area contributed by atoms with Crippen LogP contribution in [0.1, 0.15) is 37.4 Å². The second kappa shape index (κ2) is 13.7. The molecule has 13 heteroatoms. The van der Waals surface area contributed by atoms with E-state index in [2.05, 4.69) is 70.1 Å². The molecule has 3 saturated heterocycles. The van der Waals surface area contributed by atoms with Crippen LogP contribution in [0, 0.1) is 5.92 Å². The number of methoxy groups -OCH3 is 1. The number of aliphatic hydroxyl groups is 1. The minimum absolute atomic E-state index is 0.0101. The molecule has 2 spiro atoms. The summed E-state index contributed by atoms with van der Waals surface area (Å²) in [5.74, 6) is 0.548. The van der Waals surface area contributed by atoms with Crippen molar-refractivity contribution >= 4 is 42.1 Å². The molecule has 12 nitrogen and oxygen atoms in total. The minimum atomic E-state index is -2.34. The number of aromatic nitrogens is 3. The Hall–Kier alpha value is -4.56. The Morgan fingerprint density at radius 1 is 1.02 bits per heavy atom. The molecule has 4 aromatic rings. The van der Waals surface area contributed by atoms with Gasteiger partial charge in [0.05, 0.1) is 33.7 Å². The number of para-hydroxylation sites is 1. The number of anilines is 3. The molecule has 0 aliphatic carbocycles. The van der Waals surface area contributed by atoms with Crippen LogP contribution in [-0.4, -0.2) is 85.1 Å². The highest BCUT2D eigenvalue weighted by Crippen LogP contribution is 2.59. The summed E-state index contributed by atoms with van der Waals surface area (Å²) in [5.41, 5.74) is 2.21. The fourth-order valence-electron chi connectivity index (χ4n) is 9.66. The average Bonchev–Trinajstić information content (AvgIpc) is 3.91. The van der Waals surface area contributed by atoms with E-state index >= 15 is 0 Å². The number of nitrogens with one attached hydrogen (secondary N) is 2. The Morgan fingerprint density at radius 2 is 1.77 bits per heavy atom. The lowest BCUT2D eigenvalue weighted by atomic mass is 9.82. The highest BCUT2D eigenvalue weighted by Gasteiger charge is 2.65. The number of piperidine rings is 1. The maximum absolute atomic E-state index is 14.6. The summed E-state index contributed by atoms with van der Waals surface area (Å²) in [6, 6.07) is 24.5. The monoisotopic (exact) mass is 735 g/mol. The van der Waals surface area contributed by atoms with Crippen molar-refractivity contribution in [3.63, 3.8) is 0 Å². The molecule has 4 atom stereocenters. The molecule has 3 fully saturated rings. The van der Waals surface area contributed by atoms with E-state index in [4.69, 9.17) is 9.47 Å². The molecule has 3 aromatic carbocycles. The van der Waals surface area contributed by atoms with Gasteiger partial charge in [-0.3, -0.25) is 19.2 Å². The molecule has 0 bridgehead atoms. The summed E-state index contributed by atoms with van der Waals surface area (Å²) in [6.45, 7) is 9.43. The van der Waals surface area contributed by atoms with Gasteiger partial charge in [-0.1, -0.05) is 60.7 Å². The number of aryl methyl sites for hydroxylation is 1. The van der Waals surface area contributed by atoms with Crippen LogP contribution in [0.4, 0.5) is 17.1 Å². The van der Waals surface area contributed by atoms with Crippen LogP contribution in [0.5, 0.6) is 5.75 Å². The van der Waals surface area contributed by atoms with Gasteiger partial charge in [-0.15, -0.1) is 5.10 Å². The van der Waals surface area contributed by atoms with Crippen molar-refractivity contribution in [3.05, 3.63) is 90.3 Å². The molecule has 5 heterocycles. The third-order valence-electron chi connectivity index (χ3n) is 12.4. The van der Waals surface area contributed by atoms with Gasteiger partial charge in [0, 0.05) is 54.3 Å². The van der Waals surface area contributed by atoms with Crippen LogP contribution >= 0.6 is 0 Å². The molecule has 4 aliphatic heterocycles. The number of carbonyl (C=O) groups is 2. The number of fused-ring (bicyclic) bond motifs is 2. The first-order valence-electron chi connectivity index (χ1n) is 18.8. The maximum atomic E-state index is 14.6. The van der Waals surface area contributed by atoms with Gasteiger partial charge in [-0.2, -0.15) is 0 Å². The van der Waals surface area contributed by atoms with Gasteiger partial charge in [-0.25, -0.2) is 0 Å². The van der Waals surface area contributed by atoms with Gasteiger partial charge in [0.2, 0.25) is 0 Å². The second-order valence-corrected chi connectivity index (χ2v) is 20.2. The third-order valence-corrected chi connectivity index (χ3v) is 16.8. The molecule has 1 aromatic heterocycles. The van der Waals surface area contributed by atoms with E-state index < -0.39 is 19.2 Å². The van der Waals surface area contributed by atoms with Crippen molar-refractivity contribution in [2.75, 3.05) is 48.6 Å². The largest absolute Gasteiger partial charge is 0.497 e. The highest BCUT2D eigenvalue weighted by molar-refractivity contribution is 6.91. The smallest absolute Gasteiger partial charge is 0.261 e. The SMILES string of the molecule is COc1ccc([Si](C)(C)[C@@H]2[C@@H](CCn3cc(CCO)nn3)O[C@]3(C(=O)Nc4ccc(N5CN(c6ccccc6)C6(CCNCC6)C5=O)cc43)[C@H]2C)cc1. The average molecular weight is 736 g/mol. The number of hydrogen-bond donors (Lipinski definition) is 3. The zero-order valence-corrected chi connectivity index (χ0v) is 31.9. The number of rotatable bonds is 10. The van der Waals surface area contributed by atoms with E-state index in [1.807, 2.05) is 59.6 Å². The quantitative estimate of drug-likeness (QED) is 0.207. The van der Waals surface area contributed by atoms with Crippen LogP contribution < -0.4 is 30.4 Å². The predicted octanol–water partition coefficient (Wildman–Crippen LogP) is 4.01. The molecule has 0 unspecified atom stereocenters. The van der Waals surface area contributed by atoms with Crippen molar-refractivity contribution in [1.29, 1.82) is 0 Å². The van der Waals surface area contributed by atoms with Gasteiger partial charge < -0.3 is 30.1 Å². The Morgan fingerprint density at radius 3 is 2.49 bits per heavy atom. The van der Waals surface area contributed by atoms with Gasteiger partial charge >= 0.3 is 0 Å². The van der Waals surface area contributed by atoms with Crippen molar-refractivity contribution in [2.45, 2.75) is 75.0 Å².